The van der Waals surface area contributed by atoms with E-state index in [0.29, 0.717) is 56.1 Å². The van der Waals surface area contributed by atoms with Gasteiger partial charge in [0.25, 0.3) is 11.8 Å². The average Bonchev–Trinajstić information content (AvgIpc) is 2.75. The van der Waals surface area contributed by atoms with E-state index in [1.807, 2.05) is 18.2 Å². The fourth-order valence-corrected chi connectivity index (χ4v) is 3.62. The first kappa shape index (κ1) is 22.2. The van der Waals surface area contributed by atoms with Gasteiger partial charge in [-0.3, -0.25) is 14.5 Å². The maximum absolute atomic E-state index is 12.8. The van der Waals surface area contributed by atoms with Crippen LogP contribution in [0.15, 0.2) is 39.9 Å². The molecule has 0 atom stereocenters. The van der Waals surface area contributed by atoms with Crippen LogP contribution >= 0.6 is 15.9 Å². The number of ether oxygens (including phenoxy) is 3. The van der Waals surface area contributed by atoms with Crippen molar-refractivity contribution in [1.29, 1.82) is 0 Å². The molecule has 0 fully saturated rings. The molecule has 9 nitrogen and oxygen atoms in total. The summed E-state index contributed by atoms with van der Waals surface area (Å²) in [5, 5.41) is 4.89. The monoisotopic (exact) mass is 476 g/mol. The van der Waals surface area contributed by atoms with E-state index in [-0.39, 0.29) is 25.0 Å². The number of benzene rings is 2. The molecule has 10 heteroatoms. The molecule has 2 aromatic rings. The topological polar surface area (TPSA) is 114 Å². The minimum atomic E-state index is -0.311. The fraction of sp³-hybridized carbons (Fsp3) is 0.400. The molecule has 0 spiro atoms. The van der Waals surface area contributed by atoms with E-state index in [1.54, 1.807) is 12.1 Å². The lowest BCUT2D eigenvalue weighted by atomic mass is 9.94. The Morgan fingerprint density at radius 2 is 1.53 bits per heavy atom. The molecule has 0 aliphatic carbocycles. The smallest absolute Gasteiger partial charge is 0.261 e. The first-order valence-electron chi connectivity index (χ1n) is 9.46. The van der Waals surface area contributed by atoms with Crippen LogP contribution in [-0.4, -0.2) is 69.4 Å². The van der Waals surface area contributed by atoms with Gasteiger partial charge in [0.1, 0.15) is 0 Å². The van der Waals surface area contributed by atoms with Crippen molar-refractivity contribution in [1.82, 2.24) is 4.90 Å². The van der Waals surface area contributed by atoms with Crippen molar-refractivity contribution in [3.8, 4) is 0 Å². The van der Waals surface area contributed by atoms with E-state index in [4.69, 9.17) is 19.7 Å². The summed E-state index contributed by atoms with van der Waals surface area (Å²) in [5.74, 6) is -0.622. The Morgan fingerprint density at radius 1 is 0.900 bits per heavy atom. The predicted octanol–water partition coefficient (Wildman–Crippen LogP) is 3.56. The van der Waals surface area contributed by atoms with Gasteiger partial charge in [0.15, 0.2) is 0 Å². The molecular formula is C20H21BrN4O5. The SMILES string of the molecule is [N-]=[N+]=NCCOCCOCCOCCN1C(=O)c2cccc3c(Br)ccc(c23)C1=O. The molecule has 0 saturated heterocycles. The second-order valence-corrected chi connectivity index (χ2v) is 7.23. The molecule has 0 radical (unpaired) electrons. The van der Waals surface area contributed by atoms with Crippen LogP contribution in [0.4, 0.5) is 0 Å². The molecule has 0 saturated carbocycles. The maximum atomic E-state index is 12.8. The molecule has 0 N–H and O–H groups in total. The quantitative estimate of drug-likeness (QED) is 0.153. The third kappa shape index (κ3) is 5.16. The number of hydrogen-bond donors (Lipinski definition) is 0. The normalized spacial score (nSPS) is 13.0. The Kier molecular flexibility index (Phi) is 8.18. The zero-order chi connectivity index (χ0) is 21.3. The third-order valence-corrected chi connectivity index (χ3v) is 5.23. The van der Waals surface area contributed by atoms with Crippen molar-refractivity contribution < 1.29 is 23.8 Å². The highest BCUT2D eigenvalue weighted by Crippen LogP contribution is 2.34. The van der Waals surface area contributed by atoms with Crippen LogP contribution in [0.2, 0.25) is 0 Å². The molecule has 1 aliphatic rings. The predicted molar refractivity (Wildman–Crippen MR) is 113 cm³/mol. The van der Waals surface area contributed by atoms with Gasteiger partial charge in [0, 0.05) is 32.4 Å². The first-order valence-corrected chi connectivity index (χ1v) is 10.3. The van der Waals surface area contributed by atoms with E-state index in [2.05, 4.69) is 26.0 Å². The number of hydrogen-bond acceptors (Lipinski definition) is 6. The van der Waals surface area contributed by atoms with E-state index in [0.717, 1.165) is 9.86 Å². The highest BCUT2D eigenvalue weighted by molar-refractivity contribution is 9.10. The molecule has 2 amide bonds. The van der Waals surface area contributed by atoms with Gasteiger partial charge in [-0.25, -0.2) is 0 Å². The van der Waals surface area contributed by atoms with Crippen molar-refractivity contribution in [3.63, 3.8) is 0 Å². The lowest BCUT2D eigenvalue weighted by Crippen LogP contribution is -2.42. The number of carbonyl (C=O) groups is 2. The Labute approximate surface area is 181 Å². The fourth-order valence-electron chi connectivity index (χ4n) is 3.16. The second-order valence-electron chi connectivity index (χ2n) is 6.38. The number of amides is 2. The molecule has 0 unspecified atom stereocenters. The maximum Gasteiger partial charge on any atom is 0.261 e. The molecule has 1 heterocycles. The van der Waals surface area contributed by atoms with Crippen LogP contribution in [-0.2, 0) is 14.2 Å². The molecular weight excluding hydrogens is 456 g/mol. The van der Waals surface area contributed by atoms with Crippen molar-refractivity contribution in [2.45, 2.75) is 0 Å². The average molecular weight is 477 g/mol. The van der Waals surface area contributed by atoms with Gasteiger partial charge in [-0.15, -0.1) is 0 Å². The second kappa shape index (κ2) is 11.1. The van der Waals surface area contributed by atoms with Crippen LogP contribution in [0.25, 0.3) is 21.2 Å². The Bertz CT molecular complexity index is 955. The molecule has 30 heavy (non-hydrogen) atoms. The lowest BCUT2D eigenvalue weighted by molar-refractivity contribution is 0.0119. The highest BCUT2D eigenvalue weighted by atomic mass is 79.9. The summed E-state index contributed by atoms with van der Waals surface area (Å²) in [6.07, 6.45) is 0. The largest absolute Gasteiger partial charge is 0.379 e. The highest BCUT2D eigenvalue weighted by Gasteiger charge is 2.32. The lowest BCUT2D eigenvalue weighted by Gasteiger charge is -2.27. The van der Waals surface area contributed by atoms with E-state index in [1.165, 1.54) is 4.90 Å². The molecule has 2 aromatic carbocycles. The van der Waals surface area contributed by atoms with E-state index in [9.17, 15) is 9.59 Å². The molecule has 3 rings (SSSR count). The number of azide groups is 1. The van der Waals surface area contributed by atoms with E-state index >= 15 is 0 Å². The van der Waals surface area contributed by atoms with Crippen LogP contribution in [0.1, 0.15) is 20.7 Å². The molecule has 1 aliphatic heterocycles. The zero-order valence-corrected chi connectivity index (χ0v) is 17.8. The molecule has 0 aromatic heterocycles. The van der Waals surface area contributed by atoms with Gasteiger partial charge in [-0.1, -0.05) is 33.2 Å². The zero-order valence-electron chi connectivity index (χ0n) is 16.3. The number of nitrogens with zero attached hydrogens (tertiary/aromatic N) is 4. The summed E-state index contributed by atoms with van der Waals surface area (Å²) < 4.78 is 16.9. The standard InChI is InChI=1S/C20H21BrN4O5/c21-17-5-4-16-18-14(17)2-1-3-15(18)19(26)25(20(16)27)7-9-29-11-13-30-12-10-28-8-6-23-24-22/h1-5H,6-13H2. The van der Waals surface area contributed by atoms with Crippen LogP contribution in [0, 0.1) is 0 Å². The number of rotatable bonds is 12. The summed E-state index contributed by atoms with van der Waals surface area (Å²) >= 11 is 3.48. The molecule has 158 valence electrons. The summed E-state index contributed by atoms with van der Waals surface area (Å²) in [5.41, 5.74) is 9.17. The minimum absolute atomic E-state index is 0.173. The van der Waals surface area contributed by atoms with Crippen molar-refractivity contribution >= 4 is 38.5 Å². The Morgan fingerprint density at radius 3 is 2.23 bits per heavy atom. The van der Waals surface area contributed by atoms with Crippen molar-refractivity contribution in [2.24, 2.45) is 5.11 Å². The van der Waals surface area contributed by atoms with Crippen molar-refractivity contribution in [3.05, 3.63) is 56.4 Å². The Hall–Kier alpha value is -2.49. The number of carbonyl (C=O) groups excluding carboxylic acids is 2. The summed E-state index contributed by atoms with van der Waals surface area (Å²) in [6.45, 7) is 2.57. The summed E-state index contributed by atoms with van der Waals surface area (Å²) in [4.78, 5) is 29.5. The van der Waals surface area contributed by atoms with Gasteiger partial charge < -0.3 is 14.2 Å². The van der Waals surface area contributed by atoms with Gasteiger partial charge in [-0.2, -0.15) is 0 Å². The summed E-state index contributed by atoms with van der Waals surface area (Å²) in [6, 6.07) is 9.00. The number of imide groups is 1. The van der Waals surface area contributed by atoms with Gasteiger partial charge >= 0.3 is 0 Å². The molecule has 0 bridgehead atoms. The van der Waals surface area contributed by atoms with Gasteiger partial charge in [0.05, 0.1) is 46.2 Å². The minimum Gasteiger partial charge on any atom is -0.379 e. The summed E-state index contributed by atoms with van der Waals surface area (Å²) in [7, 11) is 0. The van der Waals surface area contributed by atoms with E-state index < -0.39 is 0 Å². The van der Waals surface area contributed by atoms with Crippen LogP contribution < -0.4 is 0 Å². The van der Waals surface area contributed by atoms with Gasteiger partial charge in [-0.05, 0) is 29.1 Å². The number of halogens is 1. The van der Waals surface area contributed by atoms with Crippen LogP contribution in [0.5, 0.6) is 0 Å². The van der Waals surface area contributed by atoms with Gasteiger partial charge in [0.2, 0.25) is 0 Å². The van der Waals surface area contributed by atoms with Crippen molar-refractivity contribution in [2.75, 3.05) is 52.7 Å². The Balaban J connectivity index is 1.42. The van der Waals surface area contributed by atoms with Crippen LogP contribution in [0.3, 0.4) is 0 Å². The third-order valence-electron chi connectivity index (χ3n) is 4.54. The first-order chi connectivity index (χ1) is 14.6.